The molecular weight excluding hydrogens is 975 g/mol. The summed E-state index contributed by atoms with van der Waals surface area (Å²) in [4.78, 5) is 93.7. The second kappa shape index (κ2) is 21.7. The van der Waals surface area contributed by atoms with Gasteiger partial charge in [0.05, 0.1) is 34.7 Å². The molecule has 382 valence electrons. The summed E-state index contributed by atoms with van der Waals surface area (Å²) in [6.45, 7) is 1.95. The smallest absolute Gasteiger partial charge is 0.419 e. The van der Waals surface area contributed by atoms with Gasteiger partial charge < -0.3 is 30.4 Å². The Hall–Kier alpha value is -8.87. The average molecular weight is 1020 g/mol. The van der Waals surface area contributed by atoms with Gasteiger partial charge in [0, 0.05) is 107 Å². The number of benzene rings is 3. The van der Waals surface area contributed by atoms with Gasteiger partial charge in [-0.25, -0.2) is 4.39 Å². The fraction of sp³-hybridized carbons (Fsp3) is 0.232. The Morgan fingerprint density at radius 1 is 0.693 bits per heavy atom. The molecule has 0 spiro atoms. The van der Waals surface area contributed by atoms with E-state index < -0.39 is 23.5 Å². The zero-order valence-electron chi connectivity index (χ0n) is 40.3. The number of esters is 1. The van der Waals surface area contributed by atoms with Crippen LogP contribution in [0.1, 0.15) is 128 Å². The Labute approximate surface area is 426 Å². The summed E-state index contributed by atoms with van der Waals surface area (Å²) < 4.78 is 57.9. The zero-order chi connectivity index (χ0) is 53.0. The summed E-state index contributed by atoms with van der Waals surface area (Å²) in [5, 5.41) is 14.8. The van der Waals surface area contributed by atoms with Crippen molar-refractivity contribution in [3.05, 3.63) is 158 Å². The Morgan fingerprint density at radius 3 is 1.72 bits per heavy atom. The van der Waals surface area contributed by atoms with E-state index in [9.17, 15) is 51.4 Å². The van der Waals surface area contributed by atoms with Crippen molar-refractivity contribution >= 4 is 93.8 Å². The first-order valence-electron chi connectivity index (χ1n) is 24.2. The number of alkyl halides is 3. The molecule has 0 saturated carbocycles. The second-order valence-corrected chi connectivity index (χ2v) is 18.0. The molecule has 10 rings (SSSR count). The lowest BCUT2D eigenvalue weighted by atomic mass is 9.91. The fourth-order valence-corrected chi connectivity index (χ4v) is 9.52. The monoisotopic (exact) mass is 1020 g/mol. The number of hydrogen-bond donors (Lipinski definition) is 5. The average Bonchev–Trinajstić information content (AvgIpc) is 4.12. The Bertz CT molecular complexity index is 3440. The first-order valence-corrected chi connectivity index (χ1v) is 24.2. The van der Waals surface area contributed by atoms with Crippen molar-refractivity contribution in [2.45, 2.75) is 77.3 Å². The topological polar surface area (TPSA) is 225 Å². The Balaban J connectivity index is 0.000000187. The molecule has 5 heterocycles. The van der Waals surface area contributed by atoms with Crippen LogP contribution in [-0.2, 0) is 55.8 Å². The third-order valence-electron chi connectivity index (χ3n) is 13.0. The summed E-state index contributed by atoms with van der Waals surface area (Å²) in [6, 6.07) is 16.6. The van der Waals surface area contributed by atoms with Gasteiger partial charge in [0.2, 0.25) is 0 Å². The highest BCUT2D eigenvalue weighted by molar-refractivity contribution is 6.36. The lowest BCUT2D eigenvalue weighted by Gasteiger charge is -2.11. The molecule has 15 nitrogen and oxygen atoms in total. The van der Waals surface area contributed by atoms with Gasteiger partial charge in [-0.05, 0) is 141 Å². The number of rotatable bonds is 13. The van der Waals surface area contributed by atoms with Crippen molar-refractivity contribution in [3.63, 3.8) is 0 Å². The second-order valence-electron chi connectivity index (χ2n) is 18.0. The molecule has 0 radical (unpaired) electrons. The molecule has 0 fully saturated rings. The number of aromatic amines is 2. The highest BCUT2D eigenvalue weighted by atomic mass is 19.4. The van der Waals surface area contributed by atoms with E-state index in [1.807, 2.05) is 30.3 Å². The molecule has 0 saturated heterocycles. The van der Waals surface area contributed by atoms with Crippen LogP contribution in [0.5, 0.6) is 0 Å². The number of carbonyl (C=O) groups is 6. The predicted octanol–water partition coefficient (Wildman–Crippen LogP) is 10.6. The SMILES string of the molecule is CCOC(=O)CCc1c(/C=C2\C(=O)Nc3ccc(N=Cc4ccc(F)c(C(F)(F)F)c4)cc32)[nH]c2c1C(=O)CCC2.O=C(O)CCc1c(/C=C2\C(=O)Nc3ccc(N=Cc4ccncc4)cc32)[nH]c2c1C(=O)CCC2. The van der Waals surface area contributed by atoms with Crippen LogP contribution in [-0.4, -0.2) is 74.4 Å². The number of nitrogens with zero attached hydrogens (tertiary/aromatic N) is 3. The number of carbonyl (C=O) groups excluding carboxylic acids is 5. The largest absolute Gasteiger partial charge is 0.481 e. The number of fused-ring (bicyclic) bond motifs is 4. The standard InChI is InChI=1S/C30H25F4N3O4.C26H22N4O4/c1-2-41-27(39)11-8-18-25(36-24-4-3-5-26(38)28(18)24)14-20-19-13-17(7-10-23(19)37-29(20)40)35-15-16-6-9-22(31)21(12-16)30(32,33)34;31-23-3-1-2-21-25(23)17(5-7-24(32)33)22(29-21)13-19-18-12-16(4-6-20(18)30-26(19)34)28-14-15-8-10-27-11-9-15/h6-7,9-10,12-15,36H,2-5,8,11H2,1H3,(H,37,40);4,6,8-14,29H,1-3,5,7H2,(H,30,34)(H,32,33)/b20-14-,35-15?;19-13-,28-14?. The number of halogens is 4. The van der Waals surface area contributed by atoms with E-state index in [4.69, 9.17) is 4.74 Å². The van der Waals surface area contributed by atoms with E-state index in [0.29, 0.717) is 110 Å². The minimum absolute atomic E-state index is 0.0200. The van der Waals surface area contributed by atoms with E-state index in [0.717, 1.165) is 35.9 Å². The number of ether oxygens (including phenoxy) is 1. The molecule has 2 amide bonds. The molecule has 6 aromatic rings. The van der Waals surface area contributed by atoms with Crippen LogP contribution < -0.4 is 10.6 Å². The Morgan fingerprint density at radius 2 is 1.21 bits per heavy atom. The molecule has 0 atom stereocenters. The van der Waals surface area contributed by atoms with E-state index >= 15 is 0 Å². The number of pyridine rings is 1. The van der Waals surface area contributed by atoms with Crippen molar-refractivity contribution in [2.75, 3.05) is 17.2 Å². The molecule has 19 heteroatoms. The maximum absolute atomic E-state index is 13.6. The Kier molecular flexibility index (Phi) is 14.8. The van der Waals surface area contributed by atoms with Crippen LogP contribution in [0.2, 0.25) is 0 Å². The van der Waals surface area contributed by atoms with Gasteiger partial charge in [-0.15, -0.1) is 0 Å². The molecule has 0 unspecified atom stereocenters. The maximum atomic E-state index is 13.6. The minimum Gasteiger partial charge on any atom is -0.481 e. The van der Waals surface area contributed by atoms with Gasteiger partial charge in [0.15, 0.2) is 11.6 Å². The van der Waals surface area contributed by atoms with E-state index in [-0.39, 0.29) is 67.2 Å². The molecule has 75 heavy (non-hydrogen) atoms. The molecule has 3 aromatic carbocycles. The van der Waals surface area contributed by atoms with Crippen LogP contribution in [0.15, 0.2) is 89.1 Å². The number of carboxylic acids is 1. The molecule has 2 aliphatic carbocycles. The van der Waals surface area contributed by atoms with Crippen LogP contribution in [0, 0.1) is 5.82 Å². The summed E-state index contributed by atoms with van der Waals surface area (Å²) in [5.74, 6) is -3.34. The number of Topliss-reactive ketones (excluding diaryl/α,β-unsaturated/α-hetero) is 2. The number of anilines is 2. The van der Waals surface area contributed by atoms with Gasteiger partial charge in [0.1, 0.15) is 5.82 Å². The zero-order valence-corrected chi connectivity index (χ0v) is 40.3. The molecular formula is C56H47F4N7O8. The van der Waals surface area contributed by atoms with Crippen LogP contribution in [0.3, 0.4) is 0 Å². The number of amides is 2. The van der Waals surface area contributed by atoms with Gasteiger partial charge in [-0.2, -0.15) is 13.2 Å². The highest BCUT2D eigenvalue weighted by Gasteiger charge is 2.35. The van der Waals surface area contributed by atoms with Gasteiger partial charge in [-0.3, -0.25) is 43.7 Å². The number of aromatic nitrogens is 3. The lowest BCUT2D eigenvalue weighted by Crippen LogP contribution is -2.12. The number of aliphatic carboxylic acids is 1. The van der Waals surface area contributed by atoms with Crippen LogP contribution in [0.25, 0.3) is 23.3 Å². The van der Waals surface area contributed by atoms with E-state index in [2.05, 4.69) is 35.6 Å². The third-order valence-corrected chi connectivity index (χ3v) is 13.0. The number of aryl methyl sites for hydroxylation is 2. The number of ketones is 2. The fourth-order valence-electron chi connectivity index (χ4n) is 9.52. The number of hydrogen-bond acceptors (Lipinski definition) is 10. The molecule has 0 bridgehead atoms. The molecule has 4 aliphatic rings. The number of aliphatic imine (C=N–C) groups is 2. The summed E-state index contributed by atoms with van der Waals surface area (Å²) in [6.07, 6.45) is 8.94. The third kappa shape index (κ3) is 11.4. The van der Waals surface area contributed by atoms with Crippen molar-refractivity contribution in [3.8, 4) is 0 Å². The number of carboxylic acid groups (broad SMARTS) is 1. The summed E-state index contributed by atoms with van der Waals surface area (Å²) in [7, 11) is 0. The molecule has 2 aliphatic heterocycles. The first-order chi connectivity index (χ1) is 36.0. The van der Waals surface area contributed by atoms with Crippen molar-refractivity contribution in [1.82, 2.24) is 15.0 Å². The number of H-pyrrole nitrogens is 2. The molecule has 3 aromatic heterocycles. The van der Waals surface area contributed by atoms with Crippen molar-refractivity contribution < 1.29 is 56.2 Å². The van der Waals surface area contributed by atoms with E-state index in [1.165, 1.54) is 12.3 Å². The van der Waals surface area contributed by atoms with Gasteiger partial charge >= 0.3 is 18.1 Å². The van der Waals surface area contributed by atoms with Crippen molar-refractivity contribution in [1.29, 1.82) is 0 Å². The molecule has 5 N–H and O–H groups in total. The normalized spacial score (nSPS) is 15.9. The quantitative estimate of drug-likeness (QED) is 0.0321. The van der Waals surface area contributed by atoms with Crippen LogP contribution >= 0.6 is 0 Å². The summed E-state index contributed by atoms with van der Waals surface area (Å²) >= 11 is 0. The highest BCUT2D eigenvalue weighted by Crippen LogP contribution is 2.40. The van der Waals surface area contributed by atoms with Crippen molar-refractivity contribution in [2.24, 2.45) is 9.98 Å². The van der Waals surface area contributed by atoms with Gasteiger partial charge in [0.25, 0.3) is 11.8 Å². The number of nitrogens with one attached hydrogen (secondary N) is 4. The van der Waals surface area contributed by atoms with Gasteiger partial charge in [-0.1, -0.05) is 6.07 Å². The van der Waals surface area contributed by atoms with E-state index in [1.54, 1.807) is 55.9 Å². The van der Waals surface area contributed by atoms with Crippen LogP contribution in [0.4, 0.5) is 40.3 Å². The predicted molar refractivity (Wildman–Crippen MR) is 273 cm³/mol. The lowest BCUT2D eigenvalue weighted by molar-refractivity contribution is -0.143. The maximum Gasteiger partial charge on any atom is 0.419 e. The minimum atomic E-state index is -4.84. The summed E-state index contributed by atoms with van der Waals surface area (Å²) in [5.41, 5.74) is 8.97. The first kappa shape index (κ1) is 51.0.